The van der Waals surface area contributed by atoms with Crippen molar-refractivity contribution < 1.29 is 19.2 Å². The average molecular weight is 419 g/mol. The molecule has 2 aliphatic heterocycles. The Morgan fingerprint density at radius 2 is 1.65 bits per heavy atom. The monoisotopic (exact) mass is 419 g/mol. The van der Waals surface area contributed by atoms with Gasteiger partial charge in [0, 0.05) is 24.9 Å². The van der Waals surface area contributed by atoms with Crippen LogP contribution in [0.1, 0.15) is 24.8 Å². The van der Waals surface area contributed by atoms with Gasteiger partial charge in [-0.15, -0.1) is 0 Å². The second kappa shape index (κ2) is 8.39. The topological polar surface area (TPSA) is 125 Å². The summed E-state index contributed by atoms with van der Waals surface area (Å²) < 4.78 is 0. The van der Waals surface area contributed by atoms with Crippen LogP contribution in [0.2, 0.25) is 0 Å². The second-order valence-corrected chi connectivity index (χ2v) is 7.37. The van der Waals surface area contributed by atoms with Crippen LogP contribution in [0, 0.1) is 0 Å². The number of para-hydroxylation sites is 1. The lowest BCUT2D eigenvalue weighted by molar-refractivity contribution is -0.139. The number of hydrogen-bond acceptors (Lipinski definition) is 6. The van der Waals surface area contributed by atoms with E-state index in [1.54, 1.807) is 36.4 Å². The fourth-order valence-electron chi connectivity index (χ4n) is 3.57. The maximum absolute atomic E-state index is 12.7. The maximum Gasteiger partial charge on any atom is 0.271 e. The molecule has 2 aromatic carbocycles. The van der Waals surface area contributed by atoms with E-state index in [1.807, 2.05) is 18.2 Å². The minimum Gasteiger partial charge on any atom is -0.368 e. The van der Waals surface area contributed by atoms with E-state index in [9.17, 15) is 19.2 Å². The Labute approximate surface area is 178 Å². The molecule has 1 atom stereocenters. The molecule has 0 saturated carbocycles. The lowest BCUT2D eigenvalue weighted by Crippen LogP contribution is -2.39. The Kier molecular flexibility index (Phi) is 5.48. The van der Waals surface area contributed by atoms with Gasteiger partial charge in [-0.3, -0.25) is 29.1 Å². The molecule has 2 aromatic rings. The lowest BCUT2D eigenvalue weighted by atomic mass is 10.1. The third-order valence-electron chi connectivity index (χ3n) is 5.23. The molecule has 158 valence electrons. The number of nitrogens with two attached hydrogens (primary N) is 1. The number of nitrogens with zero attached hydrogens (tertiary/aromatic N) is 3. The van der Waals surface area contributed by atoms with Crippen LogP contribution in [0.3, 0.4) is 0 Å². The Hall–Kier alpha value is -4.01. The predicted molar refractivity (Wildman–Crippen MR) is 114 cm³/mol. The number of benzene rings is 2. The number of hydrazone groups is 1. The summed E-state index contributed by atoms with van der Waals surface area (Å²) >= 11 is 0. The van der Waals surface area contributed by atoms with Crippen LogP contribution >= 0.6 is 0 Å². The summed E-state index contributed by atoms with van der Waals surface area (Å²) in [6, 6.07) is 15.2. The number of amides is 4. The van der Waals surface area contributed by atoms with Crippen molar-refractivity contribution in [3.8, 4) is 0 Å². The van der Waals surface area contributed by atoms with Gasteiger partial charge in [0.15, 0.2) is 0 Å². The number of primary amides is 1. The molecule has 0 spiro atoms. The summed E-state index contributed by atoms with van der Waals surface area (Å²) in [7, 11) is 0. The minimum atomic E-state index is -0.735. The number of carbonyl (C=O) groups excluding carboxylic acids is 4. The van der Waals surface area contributed by atoms with Gasteiger partial charge in [0.1, 0.15) is 11.8 Å². The maximum atomic E-state index is 12.7. The molecule has 0 bridgehead atoms. The van der Waals surface area contributed by atoms with E-state index in [0.717, 1.165) is 5.56 Å². The number of carbonyl (C=O) groups is 4. The van der Waals surface area contributed by atoms with Gasteiger partial charge >= 0.3 is 0 Å². The van der Waals surface area contributed by atoms with Gasteiger partial charge in [-0.05, 0) is 29.8 Å². The Morgan fingerprint density at radius 1 is 1.00 bits per heavy atom. The highest BCUT2D eigenvalue weighted by Gasteiger charge is 2.35. The van der Waals surface area contributed by atoms with Crippen molar-refractivity contribution in [1.82, 2.24) is 4.90 Å². The number of hydrogen-bond donors (Lipinski definition) is 2. The number of likely N-dealkylation sites (tertiary alicyclic amines) is 1. The zero-order valence-electron chi connectivity index (χ0n) is 16.7. The molecule has 2 aliphatic rings. The Balaban J connectivity index is 1.43. The number of nitrogens with one attached hydrogen (secondary N) is 1. The zero-order valence-corrected chi connectivity index (χ0v) is 16.7. The highest BCUT2D eigenvalue weighted by Crippen LogP contribution is 2.25. The highest BCUT2D eigenvalue weighted by atomic mass is 16.2. The van der Waals surface area contributed by atoms with E-state index in [1.165, 1.54) is 9.91 Å². The third-order valence-corrected chi connectivity index (χ3v) is 5.23. The number of imide groups is 1. The molecule has 0 radical (unpaired) electrons. The van der Waals surface area contributed by atoms with Gasteiger partial charge < -0.3 is 11.1 Å². The molecule has 1 saturated heterocycles. The second-order valence-electron chi connectivity index (χ2n) is 7.37. The van der Waals surface area contributed by atoms with Crippen molar-refractivity contribution in [1.29, 1.82) is 0 Å². The molecule has 2 heterocycles. The Morgan fingerprint density at radius 3 is 2.26 bits per heavy atom. The molecular formula is C22H21N5O4. The van der Waals surface area contributed by atoms with Crippen molar-refractivity contribution in [3.63, 3.8) is 0 Å². The minimum absolute atomic E-state index is 0.104. The van der Waals surface area contributed by atoms with Crippen LogP contribution in [0.4, 0.5) is 11.4 Å². The van der Waals surface area contributed by atoms with Crippen molar-refractivity contribution >= 4 is 40.7 Å². The lowest BCUT2D eigenvalue weighted by Gasteiger charge is -2.20. The quantitative estimate of drug-likeness (QED) is 0.685. The van der Waals surface area contributed by atoms with E-state index in [2.05, 4.69) is 10.4 Å². The van der Waals surface area contributed by atoms with Gasteiger partial charge in [-0.1, -0.05) is 30.3 Å². The first kappa shape index (κ1) is 20.3. The predicted octanol–water partition coefficient (Wildman–Crippen LogP) is 1.39. The fourth-order valence-corrected chi connectivity index (χ4v) is 3.57. The van der Waals surface area contributed by atoms with E-state index < -0.39 is 17.9 Å². The third kappa shape index (κ3) is 4.30. The van der Waals surface area contributed by atoms with Crippen LogP contribution in [-0.2, 0) is 25.7 Å². The first-order chi connectivity index (χ1) is 14.9. The van der Waals surface area contributed by atoms with Gasteiger partial charge in [-0.2, -0.15) is 5.10 Å². The van der Waals surface area contributed by atoms with Crippen molar-refractivity contribution in [2.45, 2.75) is 31.8 Å². The van der Waals surface area contributed by atoms with Crippen LogP contribution in [0.15, 0.2) is 59.7 Å². The fraction of sp³-hybridized carbons (Fsp3) is 0.227. The first-order valence-corrected chi connectivity index (χ1v) is 9.87. The largest absolute Gasteiger partial charge is 0.368 e. The summed E-state index contributed by atoms with van der Waals surface area (Å²) in [4.78, 5) is 49.3. The summed E-state index contributed by atoms with van der Waals surface area (Å²) in [5.41, 5.74) is 7.69. The number of rotatable bonds is 6. The van der Waals surface area contributed by atoms with E-state index >= 15 is 0 Å². The van der Waals surface area contributed by atoms with Gasteiger partial charge in [0.2, 0.25) is 17.7 Å². The molecule has 4 rings (SSSR count). The first-order valence-electron chi connectivity index (χ1n) is 9.87. The van der Waals surface area contributed by atoms with Crippen molar-refractivity contribution in [2.75, 3.05) is 10.3 Å². The van der Waals surface area contributed by atoms with Crippen LogP contribution < -0.4 is 16.1 Å². The van der Waals surface area contributed by atoms with Crippen molar-refractivity contribution in [3.05, 3.63) is 60.2 Å². The van der Waals surface area contributed by atoms with E-state index in [0.29, 0.717) is 11.4 Å². The molecule has 31 heavy (non-hydrogen) atoms. The Bertz CT molecular complexity index is 1050. The van der Waals surface area contributed by atoms with Crippen LogP contribution in [0.5, 0.6) is 0 Å². The zero-order chi connectivity index (χ0) is 22.0. The standard InChI is InChI=1S/C22H21N5O4/c23-21(30)18-12-17(25-27(18)16-4-2-1-3-5-16)22(31)24-15-8-6-14(7-9-15)13-26-19(28)10-11-20(26)29/h1-9,18H,10-13H2,(H2,23,30)(H,24,31). The van der Waals surface area contributed by atoms with E-state index in [-0.39, 0.29) is 43.3 Å². The molecule has 1 unspecified atom stereocenters. The molecule has 9 heteroatoms. The molecule has 0 aliphatic carbocycles. The molecule has 4 amide bonds. The summed E-state index contributed by atoms with van der Waals surface area (Å²) in [6.07, 6.45) is 0.607. The SMILES string of the molecule is NC(=O)C1CC(C(=O)Nc2ccc(CN3C(=O)CCC3=O)cc2)=NN1c1ccccc1. The van der Waals surface area contributed by atoms with E-state index in [4.69, 9.17) is 5.73 Å². The normalized spacial score (nSPS) is 18.3. The van der Waals surface area contributed by atoms with Gasteiger partial charge in [-0.25, -0.2) is 0 Å². The van der Waals surface area contributed by atoms with Crippen molar-refractivity contribution in [2.24, 2.45) is 10.8 Å². The average Bonchev–Trinajstić information content (AvgIpc) is 3.35. The van der Waals surface area contributed by atoms with Gasteiger partial charge in [0.25, 0.3) is 5.91 Å². The van der Waals surface area contributed by atoms with Gasteiger partial charge in [0.05, 0.1) is 12.2 Å². The highest BCUT2D eigenvalue weighted by molar-refractivity contribution is 6.44. The van der Waals surface area contributed by atoms with Crippen LogP contribution in [0.25, 0.3) is 0 Å². The molecular weight excluding hydrogens is 398 g/mol. The summed E-state index contributed by atoms with van der Waals surface area (Å²) in [5, 5.41) is 8.54. The summed E-state index contributed by atoms with van der Waals surface area (Å²) in [5.74, 6) is -1.34. The number of anilines is 2. The molecule has 0 aromatic heterocycles. The molecule has 1 fully saturated rings. The summed E-state index contributed by atoms with van der Waals surface area (Å²) in [6.45, 7) is 0.213. The molecule has 9 nitrogen and oxygen atoms in total. The molecule has 3 N–H and O–H groups in total. The van der Waals surface area contributed by atoms with Crippen LogP contribution in [-0.4, -0.2) is 40.3 Å². The smallest absolute Gasteiger partial charge is 0.271 e.